The molecule has 1 atom stereocenters. The number of hydrogen-bond donors (Lipinski definition) is 3. The number of hydrogen-bond acceptors (Lipinski definition) is 4. The van der Waals surface area contributed by atoms with Gasteiger partial charge in [0.2, 0.25) is 10.0 Å². The van der Waals surface area contributed by atoms with Crippen LogP contribution in [0.4, 0.5) is 13.2 Å². The molecule has 0 spiro atoms. The molecule has 3 aromatic rings. The van der Waals surface area contributed by atoms with Gasteiger partial charge >= 0.3 is 6.18 Å². The molecule has 1 aromatic carbocycles. The fraction of sp³-hybridized carbons (Fsp3) is 0.278. The summed E-state index contributed by atoms with van der Waals surface area (Å²) in [6.07, 6.45) is -3.51. The van der Waals surface area contributed by atoms with Gasteiger partial charge in [0.15, 0.2) is 0 Å². The van der Waals surface area contributed by atoms with Gasteiger partial charge < -0.3 is 10.1 Å². The second kappa shape index (κ2) is 7.53. The average molecular weight is 413 g/mol. The van der Waals surface area contributed by atoms with Crippen molar-refractivity contribution in [2.45, 2.75) is 30.5 Å². The number of aliphatic hydroxyl groups is 1. The number of rotatable bonds is 6. The van der Waals surface area contributed by atoms with E-state index in [0.717, 1.165) is 6.07 Å². The van der Waals surface area contributed by atoms with Gasteiger partial charge in [0.25, 0.3) is 0 Å². The molecule has 28 heavy (non-hydrogen) atoms. The van der Waals surface area contributed by atoms with Gasteiger partial charge in [-0.1, -0.05) is 19.1 Å². The summed E-state index contributed by atoms with van der Waals surface area (Å²) in [5, 5.41) is 9.79. The number of aromatic nitrogens is 2. The normalized spacial score (nSPS) is 13.8. The molecular formula is C18H18F3N3O3S. The molecule has 0 aliphatic rings. The van der Waals surface area contributed by atoms with E-state index in [1.54, 1.807) is 13.0 Å². The van der Waals surface area contributed by atoms with Gasteiger partial charge in [-0.15, -0.1) is 0 Å². The fourth-order valence-electron chi connectivity index (χ4n) is 2.68. The Hall–Kier alpha value is -2.43. The van der Waals surface area contributed by atoms with Crippen LogP contribution in [0.25, 0.3) is 22.2 Å². The van der Waals surface area contributed by atoms with Crippen molar-refractivity contribution in [2.75, 3.05) is 6.54 Å². The lowest BCUT2D eigenvalue weighted by molar-refractivity contribution is -0.140. The van der Waals surface area contributed by atoms with E-state index >= 15 is 0 Å². The summed E-state index contributed by atoms with van der Waals surface area (Å²) in [5.74, 6) is 0. The van der Waals surface area contributed by atoms with E-state index in [1.807, 2.05) is 0 Å². The molecule has 0 unspecified atom stereocenters. The monoisotopic (exact) mass is 413 g/mol. The lowest BCUT2D eigenvalue weighted by Crippen LogP contribution is -2.31. The third kappa shape index (κ3) is 4.18. The van der Waals surface area contributed by atoms with Gasteiger partial charge in [-0.05, 0) is 41.8 Å². The van der Waals surface area contributed by atoms with E-state index in [0.29, 0.717) is 17.5 Å². The van der Waals surface area contributed by atoms with E-state index in [2.05, 4.69) is 14.7 Å². The summed E-state index contributed by atoms with van der Waals surface area (Å²) in [6, 6.07) is 8.30. The maximum atomic E-state index is 12.9. The van der Waals surface area contributed by atoms with E-state index < -0.39 is 28.0 Å². The van der Waals surface area contributed by atoms with Crippen LogP contribution in [0.1, 0.15) is 19.0 Å². The van der Waals surface area contributed by atoms with Crippen LogP contribution in [0, 0.1) is 0 Å². The van der Waals surface area contributed by atoms with Gasteiger partial charge in [0.1, 0.15) is 11.3 Å². The van der Waals surface area contributed by atoms with Crippen LogP contribution in [0.15, 0.2) is 47.5 Å². The van der Waals surface area contributed by atoms with Crippen molar-refractivity contribution in [3.63, 3.8) is 0 Å². The molecule has 0 amide bonds. The number of fused-ring (bicyclic) bond motifs is 1. The summed E-state index contributed by atoms with van der Waals surface area (Å²) < 4.78 is 65.7. The van der Waals surface area contributed by atoms with Crippen molar-refractivity contribution in [3.05, 3.63) is 48.3 Å². The highest BCUT2D eigenvalue weighted by molar-refractivity contribution is 7.89. The zero-order chi connectivity index (χ0) is 20.5. The molecular weight excluding hydrogens is 395 g/mol. The lowest BCUT2D eigenvalue weighted by atomic mass is 10.0. The Balaban J connectivity index is 1.93. The van der Waals surface area contributed by atoms with Gasteiger partial charge in [0.05, 0.1) is 11.0 Å². The zero-order valence-corrected chi connectivity index (χ0v) is 15.6. The van der Waals surface area contributed by atoms with Gasteiger partial charge in [-0.3, -0.25) is 0 Å². The minimum Gasteiger partial charge on any atom is -0.392 e. The van der Waals surface area contributed by atoms with Crippen LogP contribution in [-0.2, 0) is 16.2 Å². The molecule has 0 fully saturated rings. The summed E-state index contributed by atoms with van der Waals surface area (Å²) in [4.78, 5) is 6.17. The van der Waals surface area contributed by atoms with Crippen molar-refractivity contribution in [3.8, 4) is 11.1 Å². The quantitative estimate of drug-likeness (QED) is 0.578. The van der Waals surface area contributed by atoms with Crippen LogP contribution < -0.4 is 4.72 Å². The van der Waals surface area contributed by atoms with Crippen LogP contribution in [-0.4, -0.2) is 36.1 Å². The molecule has 6 nitrogen and oxygen atoms in total. The number of pyridine rings is 1. The minimum atomic E-state index is -4.52. The number of aliphatic hydroxyl groups excluding tert-OH is 1. The molecule has 10 heteroatoms. The smallest absolute Gasteiger partial charge is 0.392 e. The van der Waals surface area contributed by atoms with Crippen molar-refractivity contribution in [2.24, 2.45) is 0 Å². The van der Waals surface area contributed by atoms with Gasteiger partial charge in [-0.25, -0.2) is 18.1 Å². The highest BCUT2D eigenvalue weighted by atomic mass is 32.2. The number of alkyl halides is 3. The molecule has 0 aliphatic carbocycles. The first-order valence-electron chi connectivity index (χ1n) is 8.45. The topological polar surface area (TPSA) is 95.1 Å². The third-order valence-electron chi connectivity index (χ3n) is 4.29. The molecule has 2 aromatic heterocycles. The Morgan fingerprint density at radius 2 is 1.89 bits per heavy atom. The predicted molar refractivity (Wildman–Crippen MR) is 98.0 cm³/mol. The van der Waals surface area contributed by atoms with Crippen LogP contribution in [0.2, 0.25) is 0 Å². The van der Waals surface area contributed by atoms with E-state index in [-0.39, 0.29) is 22.5 Å². The molecule has 0 radical (unpaired) electrons. The second-order valence-electron chi connectivity index (χ2n) is 6.24. The summed E-state index contributed by atoms with van der Waals surface area (Å²) in [5.41, 5.74) is 0.236. The number of sulfonamides is 1. The van der Waals surface area contributed by atoms with Crippen molar-refractivity contribution in [1.29, 1.82) is 0 Å². The predicted octanol–water partition coefficient (Wildman–Crippen LogP) is 3.30. The minimum absolute atomic E-state index is 0.00472. The Bertz CT molecular complexity index is 1080. The maximum Gasteiger partial charge on any atom is 0.431 e. The number of aromatic amines is 1. The molecule has 0 saturated carbocycles. The summed E-state index contributed by atoms with van der Waals surface area (Å²) in [6.45, 7) is 1.63. The van der Waals surface area contributed by atoms with Gasteiger partial charge in [0, 0.05) is 18.1 Å². The molecule has 150 valence electrons. The van der Waals surface area contributed by atoms with E-state index in [1.165, 1.54) is 30.5 Å². The number of benzene rings is 1. The van der Waals surface area contributed by atoms with Crippen LogP contribution in [0.3, 0.4) is 0 Å². The SMILES string of the molecule is CC[C@H](O)CNS(=O)(=O)c1ccc(-c2ccnc3[nH]c(C(F)(F)F)cc23)cc1. The van der Waals surface area contributed by atoms with Crippen LogP contribution in [0.5, 0.6) is 0 Å². The number of H-pyrrole nitrogens is 1. The Labute approximate surface area is 159 Å². The maximum absolute atomic E-state index is 12.9. The van der Waals surface area contributed by atoms with Crippen molar-refractivity contribution in [1.82, 2.24) is 14.7 Å². The standard InChI is InChI=1S/C18H18F3N3O3S/c1-2-12(25)10-23-28(26,27)13-5-3-11(4-6-13)14-7-8-22-17-15(14)9-16(24-17)18(19,20)21/h3-9,12,23,25H,2,10H2,1H3,(H,22,24)/t12-/m0/s1. The number of halogens is 3. The highest BCUT2D eigenvalue weighted by Crippen LogP contribution is 2.34. The number of nitrogens with zero attached hydrogens (tertiary/aromatic N) is 1. The largest absolute Gasteiger partial charge is 0.431 e. The average Bonchev–Trinajstić information content (AvgIpc) is 3.11. The second-order valence-corrected chi connectivity index (χ2v) is 8.01. The van der Waals surface area contributed by atoms with Crippen molar-refractivity contribution < 1.29 is 26.7 Å². The zero-order valence-electron chi connectivity index (χ0n) is 14.8. The van der Waals surface area contributed by atoms with Crippen molar-refractivity contribution >= 4 is 21.1 Å². The molecule has 0 aliphatic heterocycles. The Morgan fingerprint density at radius 3 is 2.50 bits per heavy atom. The van der Waals surface area contributed by atoms with Crippen LogP contribution >= 0.6 is 0 Å². The fourth-order valence-corrected chi connectivity index (χ4v) is 3.75. The first-order valence-corrected chi connectivity index (χ1v) is 9.93. The number of nitrogens with one attached hydrogen (secondary N) is 2. The van der Waals surface area contributed by atoms with E-state index in [4.69, 9.17) is 0 Å². The first kappa shape index (κ1) is 20.3. The molecule has 3 rings (SSSR count). The van der Waals surface area contributed by atoms with E-state index in [9.17, 15) is 26.7 Å². The first-order chi connectivity index (χ1) is 13.1. The highest BCUT2D eigenvalue weighted by Gasteiger charge is 2.33. The van der Waals surface area contributed by atoms with Gasteiger partial charge in [-0.2, -0.15) is 13.2 Å². The molecule has 0 bridgehead atoms. The molecule has 2 heterocycles. The summed E-state index contributed by atoms with van der Waals surface area (Å²) >= 11 is 0. The summed E-state index contributed by atoms with van der Waals surface area (Å²) in [7, 11) is -3.80. The Kier molecular flexibility index (Phi) is 5.46. The molecule has 0 saturated heterocycles. The Morgan fingerprint density at radius 1 is 1.21 bits per heavy atom. The lowest BCUT2D eigenvalue weighted by Gasteiger charge is -2.11. The molecule has 3 N–H and O–H groups in total. The third-order valence-corrected chi connectivity index (χ3v) is 5.73.